The van der Waals surface area contributed by atoms with Crippen molar-refractivity contribution in [3.05, 3.63) is 68.6 Å². The number of alkyl halides is 1. The number of pyridine rings is 1. The second kappa shape index (κ2) is 5.72. The highest BCUT2D eigenvalue weighted by atomic mass is 79.9. The van der Waals surface area contributed by atoms with Gasteiger partial charge in [-0.2, -0.15) is 0 Å². The topological polar surface area (TPSA) is 22.0 Å². The molecule has 2 rings (SSSR count). The number of aryl methyl sites for hydroxylation is 1. The van der Waals surface area contributed by atoms with Crippen LogP contribution in [0.15, 0.2) is 41.3 Å². The highest BCUT2D eigenvalue weighted by Crippen LogP contribution is 2.23. The smallest absolute Gasteiger partial charge is 0.250 e. The van der Waals surface area contributed by atoms with Crippen LogP contribution in [0.25, 0.3) is 0 Å². The molecule has 0 aliphatic carbocycles. The Balaban J connectivity index is 2.39. The minimum absolute atomic E-state index is 0.00223. The van der Waals surface area contributed by atoms with Crippen molar-refractivity contribution in [3.8, 4) is 0 Å². The first-order valence-electron chi connectivity index (χ1n) is 5.61. The zero-order valence-corrected chi connectivity index (χ0v) is 12.3. The monoisotopic (exact) mass is 325 g/mol. The maximum Gasteiger partial charge on any atom is 0.250 e. The number of benzene rings is 1. The standard InChI is InChI=1S/C14H13BrClNO/c1-10-6-11(8-15)13(16)7-12(10)9-17-5-3-2-4-14(17)18/h2-7H,8-9H2,1H3. The van der Waals surface area contributed by atoms with Gasteiger partial charge in [-0.1, -0.05) is 39.7 Å². The van der Waals surface area contributed by atoms with E-state index in [1.165, 1.54) is 0 Å². The van der Waals surface area contributed by atoms with E-state index in [-0.39, 0.29) is 5.56 Å². The minimum atomic E-state index is -0.00223. The molecule has 0 atom stereocenters. The van der Waals surface area contributed by atoms with Gasteiger partial charge in [0.2, 0.25) is 0 Å². The molecule has 94 valence electrons. The van der Waals surface area contributed by atoms with E-state index in [0.29, 0.717) is 6.54 Å². The number of nitrogens with zero attached hydrogens (tertiary/aromatic N) is 1. The molecule has 1 aromatic carbocycles. The normalized spacial score (nSPS) is 10.6. The molecule has 1 heterocycles. The van der Waals surface area contributed by atoms with Gasteiger partial charge in [0.15, 0.2) is 0 Å². The van der Waals surface area contributed by atoms with E-state index in [9.17, 15) is 4.79 Å². The summed E-state index contributed by atoms with van der Waals surface area (Å²) < 4.78 is 1.67. The van der Waals surface area contributed by atoms with Crippen molar-refractivity contribution in [2.75, 3.05) is 0 Å². The molecule has 18 heavy (non-hydrogen) atoms. The Morgan fingerprint density at radius 2 is 2.06 bits per heavy atom. The Kier molecular flexibility index (Phi) is 4.25. The molecule has 0 saturated carbocycles. The number of rotatable bonds is 3. The fraction of sp³-hybridized carbons (Fsp3) is 0.214. The van der Waals surface area contributed by atoms with Crippen LogP contribution in [0.4, 0.5) is 0 Å². The predicted octanol–water partition coefficient (Wildman–Crippen LogP) is 3.75. The molecular weight excluding hydrogens is 314 g/mol. The average molecular weight is 327 g/mol. The van der Waals surface area contributed by atoms with Crippen LogP contribution in [0, 0.1) is 6.92 Å². The third-order valence-electron chi connectivity index (χ3n) is 2.89. The highest BCUT2D eigenvalue weighted by Gasteiger charge is 2.06. The van der Waals surface area contributed by atoms with Gasteiger partial charge in [-0.25, -0.2) is 0 Å². The molecule has 0 aliphatic heterocycles. The van der Waals surface area contributed by atoms with Crippen molar-refractivity contribution in [1.29, 1.82) is 0 Å². The number of hydrogen-bond acceptors (Lipinski definition) is 1. The van der Waals surface area contributed by atoms with Crippen molar-refractivity contribution in [1.82, 2.24) is 4.57 Å². The molecule has 0 N–H and O–H groups in total. The molecule has 0 bridgehead atoms. The number of aromatic nitrogens is 1. The van der Waals surface area contributed by atoms with E-state index in [1.807, 2.05) is 19.1 Å². The molecule has 2 nitrogen and oxygen atoms in total. The first-order valence-corrected chi connectivity index (χ1v) is 7.11. The van der Waals surface area contributed by atoms with Gasteiger partial charge >= 0.3 is 0 Å². The van der Waals surface area contributed by atoms with E-state index in [1.54, 1.807) is 22.9 Å². The summed E-state index contributed by atoms with van der Waals surface area (Å²) in [6.45, 7) is 2.58. The van der Waals surface area contributed by atoms with Gasteiger partial charge in [-0.3, -0.25) is 4.79 Å². The van der Waals surface area contributed by atoms with Gasteiger partial charge in [0.1, 0.15) is 0 Å². The lowest BCUT2D eigenvalue weighted by Gasteiger charge is -2.11. The second-order valence-electron chi connectivity index (χ2n) is 4.17. The summed E-state index contributed by atoms with van der Waals surface area (Å²) in [5, 5.41) is 1.47. The first kappa shape index (κ1) is 13.4. The summed E-state index contributed by atoms with van der Waals surface area (Å²) in [4.78, 5) is 11.7. The molecular formula is C14H13BrClNO. The van der Waals surface area contributed by atoms with E-state index in [0.717, 1.165) is 27.0 Å². The predicted molar refractivity (Wildman–Crippen MR) is 78.6 cm³/mol. The summed E-state index contributed by atoms with van der Waals surface area (Å²) in [5.74, 6) is 0. The Labute approximate surface area is 119 Å². The van der Waals surface area contributed by atoms with E-state index in [4.69, 9.17) is 11.6 Å². The van der Waals surface area contributed by atoms with Crippen molar-refractivity contribution in [2.24, 2.45) is 0 Å². The Bertz CT molecular complexity index is 621. The van der Waals surface area contributed by atoms with Crippen molar-refractivity contribution < 1.29 is 0 Å². The third kappa shape index (κ3) is 2.85. The van der Waals surface area contributed by atoms with E-state index in [2.05, 4.69) is 22.0 Å². The summed E-state index contributed by atoms with van der Waals surface area (Å²) in [6, 6.07) is 9.15. The molecule has 2 aromatic rings. The fourth-order valence-corrected chi connectivity index (χ4v) is 2.71. The van der Waals surface area contributed by atoms with Crippen LogP contribution in [-0.4, -0.2) is 4.57 Å². The average Bonchev–Trinajstić information content (AvgIpc) is 2.36. The molecule has 0 unspecified atom stereocenters. The summed E-state index contributed by atoms with van der Waals surface area (Å²) in [7, 11) is 0. The van der Waals surface area contributed by atoms with Gasteiger partial charge in [0.25, 0.3) is 5.56 Å². The minimum Gasteiger partial charge on any atom is -0.311 e. The fourth-order valence-electron chi connectivity index (χ4n) is 1.83. The van der Waals surface area contributed by atoms with Crippen molar-refractivity contribution in [2.45, 2.75) is 18.8 Å². The summed E-state index contributed by atoms with van der Waals surface area (Å²) >= 11 is 9.60. The zero-order valence-electron chi connectivity index (χ0n) is 9.99. The van der Waals surface area contributed by atoms with Gasteiger partial charge in [0, 0.05) is 22.6 Å². The molecule has 0 saturated heterocycles. The maximum atomic E-state index is 11.7. The molecule has 0 radical (unpaired) electrons. The number of halogens is 2. The second-order valence-corrected chi connectivity index (χ2v) is 5.14. The molecule has 4 heteroatoms. The van der Waals surface area contributed by atoms with Crippen molar-refractivity contribution >= 4 is 27.5 Å². The first-order chi connectivity index (χ1) is 8.61. The molecule has 0 fully saturated rings. The van der Waals surface area contributed by atoms with Crippen LogP contribution in [0.2, 0.25) is 5.02 Å². The lowest BCUT2D eigenvalue weighted by molar-refractivity contribution is 0.755. The Hall–Kier alpha value is -1.06. The highest BCUT2D eigenvalue weighted by molar-refractivity contribution is 9.08. The lowest BCUT2D eigenvalue weighted by Crippen LogP contribution is -2.18. The van der Waals surface area contributed by atoms with Gasteiger partial charge in [-0.05, 0) is 35.7 Å². The molecule has 0 spiro atoms. The SMILES string of the molecule is Cc1cc(CBr)c(Cl)cc1Cn1ccccc1=O. The third-order valence-corrected chi connectivity index (χ3v) is 3.84. The van der Waals surface area contributed by atoms with Crippen LogP contribution >= 0.6 is 27.5 Å². The van der Waals surface area contributed by atoms with E-state index < -0.39 is 0 Å². The van der Waals surface area contributed by atoms with Gasteiger partial charge < -0.3 is 4.57 Å². The zero-order chi connectivity index (χ0) is 13.1. The summed E-state index contributed by atoms with van der Waals surface area (Å²) in [5.41, 5.74) is 3.28. The van der Waals surface area contributed by atoms with Crippen LogP contribution < -0.4 is 5.56 Å². The van der Waals surface area contributed by atoms with Crippen LogP contribution in [-0.2, 0) is 11.9 Å². The summed E-state index contributed by atoms with van der Waals surface area (Å²) in [6.07, 6.45) is 1.79. The maximum absolute atomic E-state index is 11.7. The quantitative estimate of drug-likeness (QED) is 0.787. The van der Waals surface area contributed by atoms with Gasteiger partial charge in [-0.15, -0.1) is 0 Å². The van der Waals surface area contributed by atoms with Crippen LogP contribution in [0.3, 0.4) is 0 Å². The lowest BCUT2D eigenvalue weighted by atomic mass is 10.1. The molecule has 0 amide bonds. The number of hydrogen-bond donors (Lipinski definition) is 0. The van der Waals surface area contributed by atoms with Gasteiger partial charge in [0.05, 0.1) is 6.54 Å². The van der Waals surface area contributed by atoms with Crippen molar-refractivity contribution in [3.63, 3.8) is 0 Å². The molecule has 1 aromatic heterocycles. The van der Waals surface area contributed by atoms with Crippen LogP contribution in [0.1, 0.15) is 16.7 Å². The Morgan fingerprint density at radius 3 is 2.72 bits per heavy atom. The van der Waals surface area contributed by atoms with Crippen LogP contribution in [0.5, 0.6) is 0 Å². The largest absolute Gasteiger partial charge is 0.311 e. The van der Waals surface area contributed by atoms with E-state index >= 15 is 0 Å². The Morgan fingerprint density at radius 1 is 1.28 bits per heavy atom. The molecule has 0 aliphatic rings.